The fraction of sp³-hybridized carbons (Fsp3) is 0.423. The van der Waals surface area contributed by atoms with Gasteiger partial charge in [0.15, 0.2) is 11.5 Å². The molecule has 0 N–H and O–H groups in total. The predicted octanol–water partition coefficient (Wildman–Crippen LogP) is 4.78. The Morgan fingerprint density at radius 3 is 2.63 bits per heavy atom. The minimum Gasteiger partial charge on any atom is -0.486 e. The van der Waals surface area contributed by atoms with Gasteiger partial charge in [0, 0.05) is 24.5 Å². The summed E-state index contributed by atoms with van der Waals surface area (Å²) < 4.78 is 11.6. The first-order chi connectivity index (χ1) is 14.7. The van der Waals surface area contributed by atoms with Crippen molar-refractivity contribution < 1.29 is 9.47 Å². The second-order valence-electron chi connectivity index (χ2n) is 8.67. The first kappa shape index (κ1) is 19.4. The standard InChI is InChI=1S/C26H30N2O2/c1-19-15-22(10-11-27-19)16-20-4-6-21(7-5-20)18-28-12-2-3-24(28)23-8-9-25-26(17-23)30-14-13-29-25/h4-7,9-11,15,17,23-24H,2-3,8,12-14,16,18H2,1H3/t23?,24-/m1/s1. The number of pyridine rings is 1. The van der Waals surface area contributed by atoms with Gasteiger partial charge in [0.1, 0.15) is 13.2 Å². The van der Waals surface area contributed by atoms with Crippen molar-refractivity contribution in [3.63, 3.8) is 0 Å². The Bertz CT molecular complexity index is 948. The van der Waals surface area contributed by atoms with Crippen LogP contribution in [0.5, 0.6) is 0 Å². The highest BCUT2D eigenvalue weighted by Crippen LogP contribution is 2.35. The van der Waals surface area contributed by atoms with Crippen LogP contribution in [0.4, 0.5) is 0 Å². The average Bonchev–Trinajstić information content (AvgIpc) is 3.23. The molecule has 0 spiro atoms. The second-order valence-corrected chi connectivity index (χ2v) is 8.67. The lowest BCUT2D eigenvalue weighted by atomic mass is 9.89. The van der Waals surface area contributed by atoms with Crippen LogP contribution in [0.25, 0.3) is 0 Å². The van der Waals surface area contributed by atoms with E-state index in [4.69, 9.17) is 9.47 Å². The van der Waals surface area contributed by atoms with Crippen LogP contribution in [0.3, 0.4) is 0 Å². The Morgan fingerprint density at radius 1 is 1.00 bits per heavy atom. The number of benzene rings is 1. The molecule has 2 saturated heterocycles. The van der Waals surface area contributed by atoms with Gasteiger partial charge in [0.05, 0.1) is 0 Å². The molecule has 2 aromatic rings. The molecule has 1 aromatic carbocycles. The van der Waals surface area contributed by atoms with Crippen LogP contribution < -0.4 is 0 Å². The van der Waals surface area contributed by atoms with Crippen LogP contribution in [0.1, 0.15) is 41.6 Å². The van der Waals surface area contributed by atoms with Gasteiger partial charge in [-0.2, -0.15) is 0 Å². The third kappa shape index (κ3) is 4.29. The summed E-state index contributed by atoms with van der Waals surface area (Å²) >= 11 is 0. The molecule has 4 heteroatoms. The molecule has 30 heavy (non-hydrogen) atoms. The van der Waals surface area contributed by atoms with Crippen molar-refractivity contribution in [1.29, 1.82) is 0 Å². The minimum absolute atomic E-state index is 0.516. The number of rotatable bonds is 5. The highest BCUT2D eigenvalue weighted by atomic mass is 16.6. The first-order valence-corrected chi connectivity index (χ1v) is 11.2. The quantitative estimate of drug-likeness (QED) is 0.721. The zero-order valence-corrected chi connectivity index (χ0v) is 17.7. The van der Waals surface area contributed by atoms with E-state index in [1.807, 2.05) is 13.1 Å². The average molecular weight is 403 g/mol. The van der Waals surface area contributed by atoms with E-state index in [0.29, 0.717) is 25.2 Å². The van der Waals surface area contributed by atoms with E-state index in [9.17, 15) is 0 Å². The van der Waals surface area contributed by atoms with Gasteiger partial charge < -0.3 is 9.47 Å². The summed E-state index contributed by atoms with van der Waals surface area (Å²) in [6, 6.07) is 14.0. The van der Waals surface area contributed by atoms with Crippen LogP contribution in [-0.2, 0) is 22.4 Å². The summed E-state index contributed by atoms with van der Waals surface area (Å²) in [5.74, 6) is 2.42. The molecular formula is C26H30N2O2. The Hall–Kier alpha value is -2.59. The molecule has 1 aromatic heterocycles. The summed E-state index contributed by atoms with van der Waals surface area (Å²) in [5.41, 5.74) is 5.15. The topological polar surface area (TPSA) is 34.6 Å². The number of hydrogen-bond acceptors (Lipinski definition) is 4. The molecular weight excluding hydrogens is 372 g/mol. The molecule has 2 fully saturated rings. The Labute approximate surface area is 179 Å². The highest BCUT2D eigenvalue weighted by Gasteiger charge is 2.33. The molecule has 0 saturated carbocycles. The SMILES string of the molecule is Cc1cc(Cc2ccc(CN3CCC[C@@H]3C3C=C4OCCOC4=CC3)cc2)ccn1. The van der Waals surface area contributed by atoms with Crippen molar-refractivity contribution in [2.24, 2.45) is 5.92 Å². The Balaban J connectivity index is 1.23. The van der Waals surface area contributed by atoms with E-state index in [0.717, 1.165) is 36.6 Å². The molecule has 0 bridgehead atoms. The number of ether oxygens (including phenoxy) is 2. The lowest BCUT2D eigenvalue weighted by Crippen LogP contribution is -2.35. The van der Waals surface area contributed by atoms with Crippen molar-refractivity contribution in [3.8, 4) is 0 Å². The van der Waals surface area contributed by atoms with E-state index >= 15 is 0 Å². The third-order valence-electron chi connectivity index (χ3n) is 6.47. The Kier molecular flexibility index (Phi) is 5.58. The zero-order chi connectivity index (χ0) is 20.3. The molecule has 3 aliphatic rings. The van der Waals surface area contributed by atoms with Gasteiger partial charge in [-0.25, -0.2) is 0 Å². The number of fused-ring (bicyclic) bond motifs is 1. The van der Waals surface area contributed by atoms with Crippen molar-refractivity contribution in [2.45, 2.75) is 45.2 Å². The maximum atomic E-state index is 5.84. The van der Waals surface area contributed by atoms with Crippen LogP contribution in [0, 0.1) is 12.8 Å². The van der Waals surface area contributed by atoms with E-state index in [2.05, 4.69) is 58.4 Å². The number of aromatic nitrogens is 1. The van der Waals surface area contributed by atoms with E-state index in [-0.39, 0.29) is 0 Å². The summed E-state index contributed by atoms with van der Waals surface area (Å²) in [7, 11) is 0. The molecule has 156 valence electrons. The fourth-order valence-electron chi connectivity index (χ4n) is 4.99. The summed E-state index contributed by atoms with van der Waals surface area (Å²) in [6.07, 6.45) is 11.0. The number of aryl methyl sites for hydroxylation is 1. The number of likely N-dealkylation sites (tertiary alicyclic amines) is 1. The fourth-order valence-corrected chi connectivity index (χ4v) is 4.99. The van der Waals surface area contributed by atoms with Crippen molar-refractivity contribution in [1.82, 2.24) is 9.88 Å². The zero-order valence-electron chi connectivity index (χ0n) is 17.7. The molecule has 4 nitrogen and oxygen atoms in total. The van der Waals surface area contributed by atoms with Gasteiger partial charge in [-0.1, -0.05) is 24.3 Å². The molecule has 0 radical (unpaired) electrons. The lowest BCUT2D eigenvalue weighted by molar-refractivity contribution is 0.0533. The molecule has 5 rings (SSSR count). The van der Waals surface area contributed by atoms with E-state index < -0.39 is 0 Å². The smallest absolute Gasteiger partial charge is 0.157 e. The maximum absolute atomic E-state index is 5.84. The van der Waals surface area contributed by atoms with Gasteiger partial charge in [-0.15, -0.1) is 0 Å². The molecule has 1 aliphatic carbocycles. The second kappa shape index (κ2) is 8.65. The molecule has 2 aliphatic heterocycles. The predicted molar refractivity (Wildman–Crippen MR) is 118 cm³/mol. The Morgan fingerprint density at radius 2 is 1.80 bits per heavy atom. The van der Waals surface area contributed by atoms with Gasteiger partial charge in [-0.05, 0) is 86.0 Å². The van der Waals surface area contributed by atoms with E-state index in [1.165, 1.54) is 36.1 Å². The summed E-state index contributed by atoms with van der Waals surface area (Å²) in [6.45, 7) is 5.57. The van der Waals surface area contributed by atoms with Gasteiger partial charge >= 0.3 is 0 Å². The lowest BCUT2D eigenvalue weighted by Gasteiger charge is -2.33. The van der Waals surface area contributed by atoms with Crippen molar-refractivity contribution >= 4 is 0 Å². The van der Waals surface area contributed by atoms with Crippen molar-refractivity contribution in [2.75, 3.05) is 19.8 Å². The number of allylic oxidation sites excluding steroid dienone is 1. The maximum Gasteiger partial charge on any atom is 0.157 e. The van der Waals surface area contributed by atoms with Crippen LogP contribution >= 0.6 is 0 Å². The van der Waals surface area contributed by atoms with Crippen LogP contribution in [0.2, 0.25) is 0 Å². The normalized spacial score (nSPS) is 23.8. The summed E-state index contributed by atoms with van der Waals surface area (Å²) in [4.78, 5) is 6.95. The molecule has 3 heterocycles. The van der Waals surface area contributed by atoms with Crippen molar-refractivity contribution in [3.05, 3.63) is 88.6 Å². The largest absolute Gasteiger partial charge is 0.486 e. The van der Waals surface area contributed by atoms with Gasteiger partial charge in [0.25, 0.3) is 0 Å². The third-order valence-corrected chi connectivity index (χ3v) is 6.47. The minimum atomic E-state index is 0.516. The van der Waals surface area contributed by atoms with Gasteiger partial charge in [0.2, 0.25) is 0 Å². The van der Waals surface area contributed by atoms with Crippen LogP contribution in [-0.4, -0.2) is 35.7 Å². The number of hydrogen-bond donors (Lipinski definition) is 0. The summed E-state index contributed by atoms with van der Waals surface area (Å²) in [5, 5.41) is 0. The highest BCUT2D eigenvalue weighted by molar-refractivity contribution is 5.30. The monoisotopic (exact) mass is 402 g/mol. The van der Waals surface area contributed by atoms with Gasteiger partial charge in [-0.3, -0.25) is 9.88 Å². The number of nitrogens with zero attached hydrogens (tertiary/aromatic N) is 2. The molecule has 0 amide bonds. The van der Waals surface area contributed by atoms with E-state index in [1.54, 1.807) is 0 Å². The molecule has 1 unspecified atom stereocenters. The molecule has 2 atom stereocenters. The van der Waals surface area contributed by atoms with Crippen LogP contribution in [0.15, 0.2) is 66.3 Å². The first-order valence-electron chi connectivity index (χ1n) is 11.2.